The van der Waals surface area contributed by atoms with Crippen molar-refractivity contribution in [3.8, 4) is 0 Å². The second kappa shape index (κ2) is 8.30. The Labute approximate surface area is 151 Å². The largest absolute Gasteiger partial charge is 0.355 e. The van der Waals surface area contributed by atoms with Crippen LogP contribution in [0.1, 0.15) is 55.3 Å². The smallest absolute Gasteiger partial charge is 0.230 e. The van der Waals surface area contributed by atoms with Gasteiger partial charge in [-0.2, -0.15) is 0 Å². The number of fused-ring (bicyclic) bond motifs is 3. The van der Waals surface area contributed by atoms with Crippen molar-refractivity contribution in [3.63, 3.8) is 0 Å². The van der Waals surface area contributed by atoms with Crippen LogP contribution in [0.5, 0.6) is 0 Å². The maximum Gasteiger partial charge on any atom is 0.230 e. The number of hydrogen-bond acceptors (Lipinski definition) is 5. The number of amides is 1. The molecule has 0 bridgehead atoms. The Morgan fingerprint density at radius 2 is 2.12 bits per heavy atom. The molecule has 4 nitrogen and oxygen atoms in total. The van der Waals surface area contributed by atoms with E-state index in [0.717, 1.165) is 41.5 Å². The van der Waals surface area contributed by atoms with Crippen LogP contribution in [0.3, 0.4) is 0 Å². The highest BCUT2D eigenvalue weighted by Gasteiger charge is 2.22. The summed E-state index contributed by atoms with van der Waals surface area (Å²) in [7, 11) is 0. The molecule has 0 aliphatic heterocycles. The Hall–Kier alpha value is -1.14. The highest BCUT2D eigenvalue weighted by Crippen LogP contribution is 2.40. The van der Waals surface area contributed by atoms with E-state index in [4.69, 9.17) is 0 Å². The van der Waals surface area contributed by atoms with Gasteiger partial charge in [-0.1, -0.05) is 37.9 Å². The van der Waals surface area contributed by atoms with E-state index in [0.29, 0.717) is 5.75 Å². The summed E-state index contributed by atoms with van der Waals surface area (Å²) < 4.78 is 0. The van der Waals surface area contributed by atoms with E-state index in [1.165, 1.54) is 41.5 Å². The molecule has 0 unspecified atom stereocenters. The van der Waals surface area contributed by atoms with Gasteiger partial charge in [-0.15, -0.1) is 11.3 Å². The predicted octanol–water partition coefficient (Wildman–Crippen LogP) is 4.28. The summed E-state index contributed by atoms with van der Waals surface area (Å²) >= 11 is 3.36. The van der Waals surface area contributed by atoms with Crippen LogP contribution in [0.2, 0.25) is 0 Å². The molecule has 2 heterocycles. The van der Waals surface area contributed by atoms with Crippen LogP contribution in [0.25, 0.3) is 10.2 Å². The number of aromatic nitrogens is 2. The normalized spacial score (nSPS) is 13.4. The number of thioether (sulfide) groups is 1. The van der Waals surface area contributed by atoms with Crippen molar-refractivity contribution in [1.82, 2.24) is 15.3 Å². The van der Waals surface area contributed by atoms with E-state index in [9.17, 15) is 4.79 Å². The summed E-state index contributed by atoms with van der Waals surface area (Å²) in [5, 5.41) is 5.21. The number of aryl methyl sites for hydroxylation is 3. The minimum absolute atomic E-state index is 0.104. The van der Waals surface area contributed by atoms with Crippen LogP contribution in [-0.4, -0.2) is 28.2 Å². The molecule has 1 amide bonds. The Morgan fingerprint density at radius 1 is 1.25 bits per heavy atom. The number of nitrogens with one attached hydrogen (secondary N) is 1. The Morgan fingerprint density at radius 3 is 2.96 bits per heavy atom. The monoisotopic (exact) mass is 363 g/mol. The molecule has 0 saturated carbocycles. The lowest BCUT2D eigenvalue weighted by molar-refractivity contribution is -0.118. The molecule has 1 N–H and O–H groups in total. The molecule has 1 aliphatic rings. The van der Waals surface area contributed by atoms with Gasteiger partial charge in [0.15, 0.2) is 0 Å². The van der Waals surface area contributed by atoms with Crippen molar-refractivity contribution < 1.29 is 4.79 Å². The van der Waals surface area contributed by atoms with Crippen molar-refractivity contribution in [2.45, 2.75) is 63.8 Å². The van der Waals surface area contributed by atoms with Crippen LogP contribution in [0.15, 0.2) is 5.03 Å². The first-order chi connectivity index (χ1) is 11.7. The van der Waals surface area contributed by atoms with E-state index in [1.54, 1.807) is 23.1 Å². The third-order valence-corrected chi connectivity index (χ3v) is 6.50. The lowest BCUT2D eigenvalue weighted by atomic mass is 10.2. The van der Waals surface area contributed by atoms with E-state index >= 15 is 0 Å². The fourth-order valence-corrected chi connectivity index (χ4v) is 5.44. The summed E-state index contributed by atoms with van der Waals surface area (Å²) in [5.41, 5.74) is 1.43. The zero-order valence-electron chi connectivity index (χ0n) is 14.5. The van der Waals surface area contributed by atoms with Gasteiger partial charge in [-0.25, -0.2) is 9.97 Å². The molecule has 2 aromatic heterocycles. The van der Waals surface area contributed by atoms with Gasteiger partial charge in [0.1, 0.15) is 15.7 Å². The standard InChI is InChI=1S/C18H25N3OS2/c1-3-4-5-6-10-19-15(22)11-23-17-16-13-8-7-9-14(13)24-18(16)21-12(2)20-17/h3-11H2,1-2H3,(H,19,22). The topological polar surface area (TPSA) is 54.9 Å². The maximum atomic E-state index is 12.1. The van der Waals surface area contributed by atoms with E-state index in [1.807, 2.05) is 6.92 Å². The zero-order chi connectivity index (χ0) is 16.9. The van der Waals surface area contributed by atoms with Crippen LogP contribution in [0, 0.1) is 6.92 Å². The minimum atomic E-state index is 0.104. The van der Waals surface area contributed by atoms with E-state index < -0.39 is 0 Å². The molecule has 130 valence electrons. The Bertz CT molecular complexity index is 727. The van der Waals surface area contributed by atoms with Crippen LogP contribution >= 0.6 is 23.1 Å². The van der Waals surface area contributed by atoms with Gasteiger partial charge in [-0.3, -0.25) is 4.79 Å². The summed E-state index contributed by atoms with van der Waals surface area (Å²) in [6.07, 6.45) is 8.24. The summed E-state index contributed by atoms with van der Waals surface area (Å²) in [6, 6.07) is 0. The van der Waals surface area contributed by atoms with Gasteiger partial charge < -0.3 is 5.32 Å². The van der Waals surface area contributed by atoms with Gasteiger partial charge in [0.05, 0.1) is 5.75 Å². The molecule has 0 saturated heterocycles. The van der Waals surface area contributed by atoms with Gasteiger partial charge in [0.2, 0.25) is 5.91 Å². The van der Waals surface area contributed by atoms with Crippen molar-refractivity contribution in [1.29, 1.82) is 0 Å². The molecule has 0 atom stereocenters. The predicted molar refractivity (Wildman–Crippen MR) is 102 cm³/mol. The summed E-state index contributed by atoms with van der Waals surface area (Å²) in [6.45, 7) is 4.91. The first-order valence-corrected chi connectivity index (χ1v) is 10.7. The number of rotatable bonds is 8. The molecule has 0 spiro atoms. The molecule has 0 aromatic carbocycles. The Balaban J connectivity index is 1.62. The fourth-order valence-electron chi connectivity index (χ4n) is 3.13. The van der Waals surface area contributed by atoms with Gasteiger partial charge >= 0.3 is 0 Å². The number of thiophene rings is 1. The molecular formula is C18H25N3OS2. The molecule has 2 aromatic rings. The van der Waals surface area contributed by atoms with Gasteiger partial charge in [-0.05, 0) is 38.2 Å². The highest BCUT2D eigenvalue weighted by molar-refractivity contribution is 8.00. The third kappa shape index (κ3) is 4.09. The van der Waals surface area contributed by atoms with Gasteiger partial charge in [0.25, 0.3) is 0 Å². The van der Waals surface area contributed by atoms with Crippen LogP contribution in [-0.2, 0) is 17.6 Å². The lowest BCUT2D eigenvalue weighted by Gasteiger charge is -2.07. The highest BCUT2D eigenvalue weighted by atomic mass is 32.2. The zero-order valence-corrected chi connectivity index (χ0v) is 16.1. The van der Waals surface area contributed by atoms with E-state index in [-0.39, 0.29) is 5.91 Å². The Kier molecular flexibility index (Phi) is 6.11. The quantitative estimate of drug-likeness (QED) is 0.432. The van der Waals surface area contributed by atoms with Crippen molar-refractivity contribution in [2.24, 2.45) is 0 Å². The number of carbonyl (C=O) groups is 1. The van der Waals surface area contributed by atoms with Crippen molar-refractivity contribution >= 4 is 39.2 Å². The molecule has 0 radical (unpaired) electrons. The van der Waals surface area contributed by atoms with Crippen LogP contribution in [0.4, 0.5) is 0 Å². The maximum absolute atomic E-state index is 12.1. The lowest BCUT2D eigenvalue weighted by Crippen LogP contribution is -2.26. The molecular weight excluding hydrogens is 338 g/mol. The van der Waals surface area contributed by atoms with E-state index in [2.05, 4.69) is 22.2 Å². The van der Waals surface area contributed by atoms with Crippen molar-refractivity contribution in [2.75, 3.05) is 12.3 Å². The average molecular weight is 364 g/mol. The first-order valence-electron chi connectivity index (χ1n) is 8.87. The molecule has 1 aliphatic carbocycles. The summed E-state index contributed by atoms with van der Waals surface area (Å²) in [4.78, 5) is 23.8. The molecule has 3 rings (SSSR count). The first kappa shape index (κ1) is 17.7. The molecule has 6 heteroatoms. The second-order valence-corrected chi connectivity index (χ2v) is 8.36. The number of carbonyl (C=O) groups excluding carboxylic acids is 1. The summed E-state index contributed by atoms with van der Waals surface area (Å²) in [5.74, 6) is 1.34. The van der Waals surface area contributed by atoms with Gasteiger partial charge in [0, 0.05) is 16.8 Å². The molecule has 0 fully saturated rings. The number of hydrogen-bond donors (Lipinski definition) is 1. The van der Waals surface area contributed by atoms with Crippen molar-refractivity contribution in [3.05, 3.63) is 16.3 Å². The molecule has 24 heavy (non-hydrogen) atoms. The average Bonchev–Trinajstić information content (AvgIpc) is 3.12. The third-order valence-electron chi connectivity index (χ3n) is 4.34. The second-order valence-electron chi connectivity index (χ2n) is 6.31. The fraction of sp³-hybridized carbons (Fsp3) is 0.611. The number of nitrogens with zero attached hydrogens (tertiary/aromatic N) is 2. The number of unbranched alkanes of at least 4 members (excludes halogenated alkanes) is 3. The minimum Gasteiger partial charge on any atom is -0.355 e. The SMILES string of the molecule is CCCCCCNC(=O)CSc1nc(C)nc2sc3c(c12)CCC3. The van der Waals surface area contributed by atoms with Crippen LogP contribution < -0.4 is 5.32 Å².